The van der Waals surface area contributed by atoms with Gasteiger partial charge in [0.15, 0.2) is 0 Å². The van der Waals surface area contributed by atoms with Gasteiger partial charge >= 0.3 is 0 Å². The van der Waals surface area contributed by atoms with Crippen LogP contribution >= 0.6 is 0 Å². The molecular weight excluding hydrogens is 232 g/mol. The van der Waals surface area contributed by atoms with Gasteiger partial charge in [0.25, 0.3) is 0 Å². The lowest BCUT2D eigenvalue weighted by Gasteiger charge is -2.17. The predicted molar refractivity (Wildman–Crippen MR) is 80.7 cm³/mol. The van der Waals surface area contributed by atoms with Crippen LogP contribution in [0, 0.1) is 13.8 Å². The highest BCUT2D eigenvalue weighted by atomic mass is 15.2. The fourth-order valence-electron chi connectivity index (χ4n) is 2.51. The summed E-state index contributed by atoms with van der Waals surface area (Å²) in [5, 5.41) is 0. The zero-order valence-corrected chi connectivity index (χ0v) is 11.7. The summed E-state index contributed by atoms with van der Waals surface area (Å²) < 4.78 is 0. The standard InChI is InChI=1S/C17H22N2/c1-13-10-14(2)12-16(11-13)17(19-18)9-8-15-6-4-3-5-7-15/h3-7,10-12,17,19H,8-9,18H2,1-2H3. The fourth-order valence-corrected chi connectivity index (χ4v) is 2.51. The molecule has 0 amide bonds. The predicted octanol–water partition coefficient (Wildman–Crippen LogP) is 3.44. The third-order valence-corrected chi connectivity index (χ3v) is 3.41. The summed E-state index contributed by atoms with van der Waals surface area (Å²) in [6, 6.07) is 17.3. The summed E-state index contributed by atoms with van der Waals surface area (Å²) in [4.78, 5) is 0. The molecule has 0 fully saturated rings. The maximum absolute atomic E-state index is 5.72. The zero-order chi connectivity index (χ0) is 13.7. The van der Waals surface area contributed by atoms with Crippen molar-refractivity contribution in [2.75, 3.05) is 0 Å². The minimum atomic E-state index is 0.207. The minimum Gasteiger partial charge on any atom is -0.271 e. The molecule has 2 nitrogen and oxygen atoms in total. The molecule has 0 aliphatic carbocycles. The van der Waals surface area contributed by atoms with E-state index in [0.717, 1.165) is 12.8 Å². The molecule has 0 aliphatic heterocycles. The van der Waals surface area contributed by atoms with E-state index in [4.69, 9.17) is 5.84 Å². The summed E-state index contributed by atoms with van der Waals surface area (Å²) in [5.74, 6) is 5.72. The van der Waals surface area contributed by atoms with Crippen LogP contribution in [0.3, 0.4) is 0 Å². The average Bonchev–Trinajstić information content (AvgIpc) is 2.39. The molecule has 19 heavy (non-hydrogen) atoms. The lowest BCUT2D eigenvalue weighted by molar-refractivity contribution is 0.516. The van der Waals surface area contributed by atoms with Crippen LogP contribution in [0.5, 0.6) is 0 Å². The van der Waals surface area contributed by atoms with Crippen molar-refractivity contribution in [3.8, 4) is 0 Å². The van der Waals surface area contributed by atoms with Gasteiger partial charge in [0.2, 0.25) is 0 Å². The third-order valence-electron chi connectivity index (χ3n) is 3.41. The SMILES string of the molecule is Cc1cc(C)cc(C(CCc2ccccc2)NN)c1. The number of nitrogens with two attached hydrogens (primary N) is 1. The second-order valence-corrected chi connectivity index (χ2v) is 5.16. The quantitative estimate of drug-likeness (QED) is 0.633. The highest BCUT2D eigenvalue weighted by Crippen LogP contribution is 2.21. The molecular formula is C17H22N2. The number of nitrogens with one attached hydrogen (secondary N) is 1. The average molecular weight is 254 g/mol. The molecule has 2 aromatic carbocycles. The van der Waals surface area contributed by atoms with E-state index in [2.05, 4.69) is 61.7 Å². The summed E-state index contributed by atoms with van der Waals surface area (Å²) in [5.41, 5.74) is 8.14. The zero-order valence-electron chi connectivity index (χ0n) is 11.7. The Hall–Kier alpha value is -1.64. The second-order valence-electron chi connectivity index (χ2n) is 5.16. The molecule has 100 valence electrons. The first kappa shape index (κ1) is 13.8. The maximum atomic E-state index is 5.72. The number of hydrogen-bond acceptors (Lipinski definition) is 2. The molecule has 0 radical (unpaired) electrons. The number of benzene rings is 2. The number of rotatable bonds is 5. The molecule has 1 unspecified atom stereocenters. The van der Waals surface area contributed by atoms with Gasteiger partial charge in [-0.3, -0.25) is 11.3 Å². The van der Waals surface area contributed by atoms with Gasteiger partial charge in [-0.25, -0.2) is 0 Å². The number of hydrazine groups is 1. The van der Waals surface area contributed by atoms with Crippen molar-refractivity contribution in [3.05, 3.63) is 70.8 Å². The third kappa shape index (κ3) is 3.91. The van der Waals surface area contributed by atoms with Crippen LogP contribution in [0.25, 0.3) is 0 Å². The van der Waals surface area contributed by atoms with E-state index in [1.807, 2.05) is 6.07 Å². The largest absolute Gasteiger partial charge is 0.271 e. The van der Waals surface area contributed by atoms with Crippen LogP contribution < -0.4 is 11.3 Å². The van der Waals surface area contributed by atoms with Crippen molar-refractivity contribution in [2.24, 2.45) is 5.84 Å². The van der Waals surface area contributed by atoms with Crippen LogP contribution in [0.4, 0.5) is 0 Å². The lowest BCUT2D eigenvalue weighted by Crippen LogP contribution is -2.28. The van der Waals surface area contributed by atoms with Gasteiger partial charge in [-0.1, -0.05) is 59.7 Å². The first-order valence-corrected chi connectivity index (χ1v) is 6.77. The Kier molecular flexibility index (Phi) is 4.72. The van der Waals surface area contributed by atoms with Crippen LogP contribution in [-0.4, -0.2) is 0 Å². The smallest absolute Gasteiger partial charge is 0.0463 e. The Morgan fingerprint density at radius 1 is 1.00 bits per heavy atom. The number of aryl methyl sites for hydroxylation is 3. The van der Waals surface area contributed by atoms with Gasteiger partial charge in [-0.05, 0) is 37.8 Å². The minimum absolute atomic E-state index is 0.207. The molecule has 2 rings (SSSR count). The summed E-state index contributed by atoms with van der Waals surface area (Å²) >= 11 is 0. The maximum Gasteiger partial charge on any atom is 0.0463 e. The van der Waals surface area contributed by atoms with Gasteiger partial charge in [0.05, 0.1) is 0 Å². The van der Waals surface area contributed by atoms with Crippen LogP contribution in [0.1, 0.15) is 34.7 Å². The molecule has 2 heteroatoms. The monoisotopic (exact) mass is 254 g/mol. The first-order chi connectivity index (χ1) is 9.19. The van der Waals surface area contributed by atoms with Gasteiger partial charge in [-0.15, -0.1) is 0 Å². The van der Waals surface area contributed by atoms with E-state index in [9.17, 15) is 0 Å². The fraction of sp³-hybridized carbons (Fsp3) is 0.294. The Bertz CT molecular complexity index is 500. The molecule has 0 saturated carbocycles. The molecule has 1 atom stereocenters. The van der Waals surface area contributed by atoms with Gasteiger partial charge < -0.3 is 0 Å². The number of hydrogen-bond donors (Lipinski definition) is 2. The van der Waals surface area contributed by atoms with Crippen LogP contribution in [0.2, 0.25) is 0 Å². The highest BCUT2D eigenvalue weighted by Gasteiger charge is 2.10. The summed E-state index contributed by atoms with van der Waals surface area (Å²) in [7, 11) is 0. The first-order valence-electron chi connectivity index (χ1n) is 6.77. The van der Waals surface area contributed by atoms with E-state index in [1.54, 1.807) is 0 Å². The van der Waals surface area contributed by atoms with Crippen molar-refractivity contribution in [2.45, 2.75) is 32.7 Å². The van der Waals surface area contributed by atoms with Gasteiger partial charge in [0.1, 0.15) is 0 Å². The Balaban J connectivity index is 2.07. The van der Waals surface area contributed by atoms with E-state index >= 15 is 0 Å². The molecule has 0 bridgehead atoms. The molecule has 0 spiro atoms. The molecule has 0 saturated heterocycles. The molecule has 0 aliphatic rings. The van der Waals surface area contributed by atoms with Crippen molar-refractivity contribution in [1.82, 2.24) is 5.43 Å². The molecule has 0 heterocycles. The van der Waals surface area contributed by atoms with Gasteiger partial charge in [0, 0.05) is 6.04 Å². The molecule has 0 aromatic heterocycles. The molecule has 2 aromatic rings. The highest BCUT2D eigenvalue weighted by molar-refractivity contribution is 5.30. The van der Waals surface area contributed by atoms with Crippen LogP contribution in [-0.2, 0) is 6.42 Å². The van der Waals surface area contributed by atoms with Crippen LogP contribution in [0.15, 0.2) is 48.5 Å². The molecule has 3 N–H and O–H groups in total. The van der Waals surface area contributed by atoms with Crippen molar-refractivity contribution >= 4 is 0 Å². The summed E-state index contributed by atoms with van der Waals surface area (Å²) in [6.07, 6.45) is 2.03. The lowest BCUT2D eigenvalue weighted by atomic mass is 9.96. The van der Waals surface area contributed by atoms with E-state index < -0.39 is 0 Å². The Morgan fingerprint density at radius 3 is 2.21 bits per heavy atom. The van der Waals surface area contributed by atoms with E-state index in [1.165, 1.54) is 22.3 Å². The normalized spacial score (nSPS) is 12.4. The van der Waals surface area contributed by atoms with Crippen molar-refractivity contribution in [3.63, 3.8) is 0 Å². The summed E-state index contributed by atoms with van der Waals surface area (Å²) in [6.45, 7) is 4.25. The van der Waals surface area contributed by atoms with Gasteiger partial charge in [-0.2, -0.15) is 0 Å². The van der Waals surface area contributed by atoms with E-state index in [0.29, 0.717) is 0 Å². The van der Waals surface area contributed by atoms with Crippen molar-refractivity contribution in [1.29, 1.82) is 0 Å². The van der Waals surface area contributed by atoms with Crippen molar-refractivity contribution < 1.29 is 0 Å². The Morgan fingerprint density at radius 2 is 1.63 bits per heavy atom. The topological polar surface area (TPSA) is 38.0 Å². The van der Waals surface area contributed by atoms with E-state index in [-0.39, 0.29) is 6.04 Å². The Labute approximate surface area is 115 Å². The second kappa shape index (κ2) is 6.50.